The Bertz CT molecular complexity index is 1300. The van der Waals surface area contributed by atoms with Gasteiger partial charge in [0.1, 0.15) is 22.4 Å². The van der Waals surface area contributed by atoms with Crippen LogP contribution in [0.3, 0.4) is 0 Å². The molecule has 0 amide bonds. The first kappa shape index (κ1) is 20.2. The third-order valence-corrected chi connectivity index (χ3v) is 6.33. The highest BCUT2D eigenvalue weighted by Crippen LogP contribution is 2.33. The third kappa shape index (κ3) is 3.92. The molecule has 5 rings (SSSR count). The number of hydrogen-bond donors (Lipinski definition) is 2. The van der Waals surface area contributed by atoms with Crippen LogP contribution in [0.1, 0.15) is 10.6 Å². The van der Waals surface area contributed by atoms with E-state index in [-0.39, 0.29) is 24.0 Å². The lowest BCUT2D eigenvalue weighted by atomic mass is 10.0. The Morgan fingerprint density at radius 1 is 0.906 bits per heavy atom. The van der Waals surface area contributed by atoms with Gasteiger partial charge in [0.15, 0.2) is 0 Å². The van der Waals surface area contributed by atoms with Crippen molar-refractivity contribution in [1.29, 1.82) is 5.41 Å². The number of benzene rings is 3. The van der Waals surface area contributed by atoms with Crippen LogP contribution in [0.5, 0.6) is 0 Å². The van der Waals surface area contributed by atoms with E-state index in [2.05, 4.69) is 24.3 Å². The summed E-state index contributed by atoms with van der Waals surface area (Å²) < 4.78 is 13.2. The highest BCUT2D eigenvalue weighted by atomic mass is 32.1. The molecule has 2 N–H and O–H groups in total. The number of amidine groups is 1. The third-order valence-electron chi connectivity index (χ3n) is 5.47. The Morgan fingerprint density at radius 2 is 1.56 bits per heavy atom. The Kier molecular flexibility index (Phi) is 5.29. The largest absolute Gasteiger partial charge is 0.510 e. The summed E-state index contributed by atoms with van der Waals surface area (Å²) in [6.07, 6.45) is 0. The van der Waals surface area contributed by atoms with Crippen LogP contribution in [0.2, 0.25) is 0 Å². The number of rotatable bonds is 5. The van der Waals surface area contributed by atoms with E-state index in [4.69, 9.17) is 10.4 Å². The Morgan fingerprint density at radius 3 is 2.28 bits per heavy atom. The summed E-state index contributed by atoms with van der Waals surface area (Å²) in [6.45, 7) is 0.665. The molecule has 0 bridgehead atoms. The number of thiazole rings is 1. The Hall–Kier alpha value is -3.77. The van der Waals surface area contributed by atoms with Crippen molar-refractivity contribution in [1.82, 2.24) is 9.88 Å². The molecule has 0 saturated heterocycles. The van der Waals surface area contributed by atoms with Crippen LogP contribution in [0, 0.1) is 11.2 Å². The molecule has 0 aliphatic carbocycles. The molecule has 158 valence electrons. The quantitative estimate of drug-likeness (QED) is 0.378. The highest BCUT2D eigenvalue weighted by Gasteiger charge is 2.30. The molecule has 2 heterocycles. The molecule has 0 atom stereocenters. The first-order chi connectivity index (χ1) is 15.6. The average molecular weight is 442 g/mol. The molecule has 0 spiro atoms. The van der Waals surface area contributed by atoms with Crippen molar-refractivity contribution < 1.29 is 9.50 Å². The number of aromatic nitrogens is 1. The Labute approximate surface area is 189 Å². The number of aliphatic hydroxyl groups excluding tert-OH is 1. The van der Waals surface area contributed by atoms with Crippen LogP contribution in [-0.2, 0) is 6.54 Å². The number of hydrogen-bond acceptors (Lipinski definition) is 4. The molecular formula is C26H20FN3OS. The van der Waals surface area contributed by atoms with E-state index in [9.17, 15) is 9.50 Å². The predicted molar refractivity (Wildman–Crippen MR) is 127 cm³/mol. The second-order valence-corrected chi connectivity index (χ2v) is 8.49. The highest BCUT2D eigenvalue weighted by molar-refractivity contribution is 7.11. The first-order valence-corrected chi connectivity index (χ1v) is 11.1. The monoisotopic (exact) mass is 441 g/mol. The molecule has 1 aliphatic heterocycles. The van der Waals surface area contributed by atoms with E-state index in [0.717, 1.165) is 27.9 Å². The molecule has 0 fully saturated rings. The van der Waals surface area contributed by atoms with Crippen LogP contribution in [-0.4, -0.2) is 27.4 Å². The normalized spacial score (nSPS) is 13.8. The van der Waals surface area contributed by atoms with Crippen LogP contribution in [0.15, 0.2) is 90.0 Å². The summed E-state index contributed by atoms with van der Waals surface area (Å²) in [4.78, 5) is 6.46. The van der Waals surface area contributed by atoms with E-state index in [1.807, 2.05) is 35.7 Å². The van der Waals surface area contributed by atoms with Gasteiger partial charge in [0, 0.05) is 17.5 Å². The molecule has 4 nitrogen and oxygen atoms in total. The summed E-state index contributed by atoms with van der Waals surface area (Å²) in [5.41, 5.74) is 5.44. The predicted octanol–water partition coefficient (Wildman–Crippen LogP) is 6.38. The molecule has 0 saturated carbocycles. The summed E-state index contributed by atoms with van der Waals surface area (Å²) in [7, 11) is 0. The standard InChI is InChI=1S/C26H20FN3OS/c27-21-12-6-17(7-13-21)14-30-15-23(31)24(25(30)28)26-29-22(16-32-26)20-10-8-19(9-11-20)18-4-2-1-3-5-18/h1-13,16,28,31H,14-15H2. The fourth-order valence-electron chi connectivity index (χ4n) is 3.79. The van der Waals surface area contributed by atoms with Gasteiger partial charge in [-0.2, -0.15) is 0 Å². The van der Waals surface area contributed by atoms with Gasteiger partial charge in [-0.05, 0) is 28.8 Å². The zero-order chi connectivity index (χ0) is 22.1. The minimum Gasteiger partial charge on any atom is -0.510 e. The van der Waals surface area contributed by atoms with Gasteiger partial charge in [0.2, 0.25) is 0 Å². The molecule has 4 aromatic rings. The van der Waals surface area contributed by atoms with Crippen molar-refractivity contribution in [3.05, 3.63) is 106 Å². The second kappa shape index (κ2) is 8.40. The maximum Gasteiger partial charge on any atom is 0.135 e. The second-order valence-electron chi connectivity index (χ2n) is 7.63. The molecule has 0 unspecified atom stereocenters. The van der Waals surface area contributed by atoms with Gasteiger partial charge in [-0.3, -0.25) is 5.41 Å². The lowest BCUT2D eigenvalue weighted by molar-refractivity contribution is 0.347. The fourth-order valence-corrected chi connectivity index (χ4v) is 4.68. The van der Waals surface area contributed by atoms with Gasteiger partial charge in [-0.25, -0.2) is 9.37 Å². The van der Waals surface area contributed by atoms with Crippen molar-refractivity contribution in [2.24, 2.45) is 0 Å². The van der Waals surface area contributed by atoms with Crippen LogP contribution in [0.4, 0.5) is 4.39 Å². The van der Waals surface area contributed by atoms with Crippen molar-refractivity contribution in [2.75, 3.05) is 6.54 Å². The molecule has 3 aromatic carbocycles. The van der Waals surface area contributed by atoms with E-state index in [1.54, 1.807) is 17.0 Å². The van der Waals surface area contributed by atoms with Gasteiger partial charge in [0.05, 0.1) is 17.8 Å². The summed E-state index contributed by atoms with van der Waals surface area (Å²) in [6, 6.07) is 24.6. The molecule has 1 aliphatic rings. The molecule has 6 heteroatoms. The maximum atomic E-state index is 13.2. The van der Waals surface area contributed by atoms with E-state index in [1.165, 1.54) is 23.5 Å². The first-order valence-electron chi connectivity index (χ1n) is 10.2. The zero-order valence-corrected chi connectivity index (χ0v) is 17.9. The van der Waals surface area contributed by atoms with Crippen molar-refractivity contribution in [3.8, 4) is 22.4 Å². The number of aliphatic hydroxyl groups is 1. The summed E-state index contributed by atoms with van der Waals surface area (Å²) >= 11 is 1.41. The maximum absolute atomic E-state index is 13.2. The van der Waals surface area contributed by atoms with E-state index >= 15 is 0 Å². The smallest absolute Gasteiger partial charge is 0.135 e. The molecule has 1 aromatic heterocycles. The van der Waals surface area contributed by atoms with Gasteiger partial charge in [0.25, 0.3) is 0 Å². The van der Waals surface area contributed by atoms with Crippen LogP contribution >= 0.6 is 11.3 Å². The Balaban J connectivity index is 1.34. The molecule has 0 radical (unpaired) electrons. The minimum atomic E-state index is -0.293. The number of nitrogens with one attached hydrogen (secondary N) is 1. The lowest BCUT2D eigenvalue weighted by Gasteiger charge is -2.18. The number of nitrogens with zero attached hydrogens (tertiary/aromatic N) is 2. The van der Waals surface area contributed by atoms with Crippen molar-refractivity contribution in [2.45, 2.75) is 6.54 Å². The van der Waals surface area contributed by atoms with E-state index < -0.39 is 0 Å². The van der Waals surface area contributed by atoms with Gasteiger partial charge < -0.3 is 10.0 Å². The molecular weight excluding hydrogens is 421 g/mol. The average Bonchev–Trinajstić information content (AvgIpc) is 3.40. The number of halogens is 1. The van der Waals surface area contributed by atoms with Crippen LogP contribution < -0.4 is 0 Å². The van der Waals surface area contributed by atoms with Gasteiger partial charge in [-0.15, -0.1) is 11.3 Å². The van der Waals surface area contributed by atoms with Crippen molar-refractivity contribution >= 4 is 22.7 Å². The van der Waals surface area contributed by atoms with Gasteiger partial charge >= 0.3 is 0 Å². The van der Waals surface area contributed by atoms with Crippen LogP contribution in [0.25, 0.3) is 28.0 Å². The summed E-state index contributed by atoms with van der Waals surface area (Å²) in [5, 5.41) is 21.7. The molecule has 32 heavy (non-hydrogen) atoms. The topological polar surface area (TPSA) is 60.2 Å². The SMILES string of the molecule is N=C1C(c2nc(-c3ccc(-c4ccccc4)cc3)cs2)=C(O)CN1Cc1ccc(F)cc1. The summed E-state index contributed by atoms with van der Waals surface area (Å²) in [5.74, 6) is 0.0728. The lowest BCUT2D eigenvalue weighted by Crippen LogP contribution is -2.26. The fraction of sp³-hybridized carbons (Fsp3) is 0.0769. The van der Waals surface area contributed by atoms with E-state index in [0.29, 0.717) is 17.1 Å². The van der Waals surface area contributed by atoms with Crippen molar-refractivity contribution in [3.63, 3.8) is 0 Å². The van der Waals surface area contributed by atoms with Gasteiger partial charge in [-0.1, -0.05) is 66.7 Å². The zero-order valence-electron chi connectivity index (χ0n) is 17.1. The minimum absolute atomic E-state index is 0.137.